The molecule has 1 aliphatic heterocycles. The molecule has 17 heavy (non-hydrogen) atoms. The third-order valence-electron chi connectivity index (χ3n) is 2.82. The maximum Gasteiger partial charge on any atom is 0.260 e. The van der Waals surface area contributed by atoms with Crippen LogP contribution in [0.4, 0.5) is 0 Å². The van der Waals surface area contributed by atoms with Crippen LogP contribution < -0.4 is 0 Å². The van der Waals surface area contributed by atoms with E-state index in [0.29, 0.717) is 19.0 Å². The number of nitrogens with zero attached hydrogens (tertiary/aromatic N) is 3. The molecule has 1 fully saturated rings. The van der Waals surface area contributed by atoms with Crippen LogP contribution in [0.3, 0.4) is 0 Å². The van der Waals surface area contributed by atoms with Gasteiger partial charge in [-0.25, -0.2) is 13.4 Å². The molecule has 2 rings (SSSR count). The van der Waals surface area contributed by atoms with E-state index in [1.54, 1.807) is 0 Å². The Balaban J connectivity index is 2.01. The number of hydrogen-bond acceptors (Lipinski definition) is 4. The number of sulfonamides is 1. The molecule has 1 aliphatic rings. The van der Waals surface area contributed by atoms with Gasteiger partial charge in [-0.2, -0.15) is 4.31 Å². The Hall–Kier alpha value is -0.630. The zero-order valence-corrected chi connectivity index (χ0v) is 10.9. The van der Waals surface area contributed by atoms with Crippen molar-refractivity contribution in [3.63, 3.8) is 0 Å². The highest BCUT2D eigenvalue weighted by Crippen LogP contribution is 2.14. The standard InChI is InChI=1S/C9H15ClN4O2S/c10-1-2-13-3-5-14(6-4-13)17(15,16)9-7-11-8-12-9/h7-8H,1-6H2,(H,11,12). The monoisotopic (exact) mass is 278 g/mol. The number of H-pyrrole nitrogens is 1. The lowest BCUT2D eigenvalue weighted by Crippen LogP contribution is -2.49. The highest BCUT2D eigenvalue weighted by Gasteiger charge is 2.28. The lowest BCUT2D eigenvalue weighted by molar-refractivity contribution is 0.197. The molecular formula is C9H15ClN4O2S. The van der Waals surface area contributed by atoms with Gasteiger partial charge in [-0.1, -0.05) is 0 Å². The molecule has 0 radical (unpaired) electrons. The van der Waals surface area contributed by atoms with E-state index in [1.807, 2.05) is 0 Å². The molecule has 0 bridgehead atoms. The minimum absolute atomic E-state index is 0.156. The van der Waals surface area contributed by atoms with Crippen LogP contribution in [0.1, 0.15) is 0 Å². The summed E-state index contributed by atoms with van der Waals surface area (Å²) in [5.74, 6) is 0.577. The van der Waals surface area contributed by atoms with E-state index in [-0.39, 0.29) is 5.03 Å². The molecule has 0 aliphatic carbocycles. The van der Waals surface area contributed by atoms with Gasteiger partial charge in [0.2, 0.25) is 0 Å². The van der Waals surface area contributed by atoms with Crippen molar-refractivity contribution in [1.82, 2.24) is 19.2 Å². The average molecular weight is 279 g/mol. The van der Waals surface area contributed by atoms with Crippen LogP contribution in [0.2, 0.25) is 0 Å². The molecule has 0 spiro atoms. The first-order chi connectivity index (χ1) is 8.14. The highest BCUT2D eigenvalue weighted by molar-refractivity contribution is 7.89. The Morgan fingerprint density at radius 1 is 1.35 bits per heavy atom. The lowest BCUT2D eigenvalue weighted by Gasteiger charge is -2.33. The van der Waals surface area contributed by atoms with Gasteiger partial charge in [0.15, 0.2) is 5.03 Å². The largest absolute Gasteiger partial charge is 0.335 e. The van der Waals surface area contributed by atoms with Crippen LogP contribution >= 0.6 is 11.6 Å². The van der Waals surface area contributed by atoms with Gasteiger partial charge in [0.1, 0.15) is 0 Å². The van der Waals surface area contributed by atoms with Gasteiger partial charge in [-0.05, 0) is 0 Å². The van der Waals surface area contributed by atoms with Gasteiger partial charge < -0.3 is 4.98 Å². The molecule has 1 N–H and O–H groups in total. The van der Waals surface area contributed by atoms with E-state index in [0.717, 1.165) is 19.6 Å². The predicted molar refractivity (Wildman–Crippen MR) is 64.5 cm³/mol. The SMILES string of the molecule is O=S(=O)(c1cnc[nH]1)N1CCN(CCCl)CC1. The van der Waals surface area contributed by atoms with Crippen molar-refractivity contribution < 1.29 is 8.42 Å². The van der Waals surface area contributed by atoms with E-state index in [1.165, 1.54) is 16.8 Å². The van der Waals surface area contributed by atoms with Crippen LogP contribution in [-0.2, 0) is 10.0 Å². The zero-order chi connectivity index (χ0) is 12.3. The smallest absolute Gasteiger partial charge is 0.260 e. The molecule has 0 amide bonds. The topological polar surface area (TPSA) is 69.3 Å². The van der Waals surface area contributed by atoms with Crippen LogP contribution in [0.25, 0.3) is 0 Å². The van der Waals surface area contributed by atoms with Gasteiger partial charge in [0.05, 0.1) is 12.5 Å². The molecule has 1 aromatic rings. The number of aromatic nitrogens is 2. The second-order valence-electron chi connectivity index (χ2n) is 3.85. The number of piperazine rings is 1. The average Bonchev–Trinajstić information content (AvgIpc) is 2.84. The van der Waals surface area contributed by atoms with Crippen molar-refractivity contribution in [3.8, 4) is 0 Å². The Bertz CT molecular complexity index is 440. The van der Waals surface area contributed by atoms with E-state index < -0.39 is 10.0 Å². The van der Waals surface area contributed by atoms with Crippen molar-refractivity contribution in [3.05, 3.63) is 12.5 Å². The second-order valence-corrected chi connectivity index (χ2v) is 6.13. The number of rotatable bonds is 4. The molecule has 0 aromatic carbocycles. The maximum atomic E-state index is 12.1. The maximum absolute atomic E-state index is 12.1. The Labute approximate surface area is 106 Å². The van der Waals surface area contributed by atoms with E-state index in [4.69, 9.17) is 11.6 Å². The quantitative estimate of drug-likeness (QED) is 0.785. The van der Waals surface area contributed by atoms with E-state index in [9.17, 15) is 8.42 Å². The molecule has 96 valence electrons. The summed E-state index contributed by atoms with van der Waals surface area (Å²) in [6.07, 6.45) is 2.71. The summed E-state index contributed by atoms with van der Waals surface area (Å²) in [6, 6.07) is 0. The number of alkyl halides is 1. The second kappa shape index (κ2) is 5.34. The predicted octanol–water partition coefficient (Wildman–Crippen LogP) is -0.0452. The van der Waals surface area contributed by atoms with Gasteiger partial charge in [-0.3, -0.25) is 4.90 Å². The minimum atomic E-state index is -3.40. The van der Waals surface area contributed by atoms with Gasteiger partial charge in [0.25, 0.3) is 10.0 Å². The summed E-state index contributed by atoms with van der Waals surface area (Å²) in [5.41, 5.74) is 0. The summed E-state index contributed by atoms with van der Waals surface area (Å²) in [4.78, 5) is 8.53. The minimum Gasteiger partial charge on any atom is -0.335 e. The zero-order valence-electron chi connectivity index (χ0n) is 9.34. The molecule has 8 heteroatoms. The van der Waals surface area contributed by atoms with Crippen molar-refractivity contribution in [1.29, 1.82) is 0 Å². The van der Waals surface area contributed by atoms with E-state index in [2.05, 4.69) is 14.9 Å². The molecule has 0 atom stereocenters. The molecule has 1 aromatic heterocycles. The molecular weight excluding hydrogens is 264 g/mol. The summed E-state index contributed by atoms with van der Waals surface area (Å²) in [5, 5.41) is 0.156. The Morgan fingerprint density at radius 3 is 2.59 bits per heavy atom. The fourth-order valence-corrected chi connectivity index (χ4v) is 3.39. The fraction of sp³-hybridized carbons (Fsp3) is 0.667. The van der Waals surface area contributed by atoms with Crippen molar-refractivity contribution in [2.75, 3.05) is 38.6 Å². The Morgan fingerprint density at radius 2 is 2.06 bits per heavy atom. The number of aromatic amines is 1. The summed E-state index contributed by atoms with van der Waals surface area (Å²) in [7, 11) is -3.40. The lowest BCUT2D eigenvalue weighted by atomic mass is 10.4. The van der Waals surface area contributed by atoms with Crippen LogP contribution in [0, 0.1) is 0 Å². The molecule has 2 heterocycles. The van der Waals surface area contributed by atoms with Crippen LogP contribution in [-0.4, -0.2) is 66.2 Å². The first-order valence-corrected chi connectivity index (χ1v) is 7.39. The fourth-order valence-electron chi connectivity index (χ4n) is 1.84. The van der Waals surface area contributed by atoms with Gasteiger partial charge >= 0.3 is 0 Å². The third kappa shape index (κ3) is 2.79. The summed E-state index contributed by atoms with van der Waals surface area (Å²) < 4.78 is 25.7. The molecule has 0 unspecified atom stereocenters. The van der Waals surface area contributed by atoms with Crippen molar-refractivity contribution >= 4 is 21.6 Å². The first-order valence-electron chi connectivity index (χ1n) is 5.41. The third-order valence-corrected chi connectivity index (χ3v) is 4.82. The van der Waals surface area contributed by atoms with Crippen molar-refractivity contribution in [2.24, 2.45) is 0 Å². The van der Waals surface area contributed by atoms with Crippen molar-refractivity contribution in [2.45, 2.75) is 5.03 Å². The van der Waals surface area contributed by atoms with E-state index >= 15 is 0 Å². The summed E-state index contributed by atoms with van der Waals surface area (Å²) >= 11 is 5.66. The number of hydrogen-bond donors (Lipinski definition) is 1. The first kappa shape index (κ1) is 12.8. The normalized spacial score (nSPS) is 19.6. The summed E-state index contributed by atoms with van der Waals surface area (Å²) in [6.45, 7) is 3.25. The van der Waals surface area contributed by atoms with Crippen LogP contribution in [0.5, 0.6) is 0 Å². The highest BCUT2D eigenvalue weighted by atomic mass is 35.5. The Kier molecular flexibility index (Phi) is 4.03. The molecule has 0 saturated carbocycles. The number of nitrogens with one attached hydrogen (secondary N) is 1. The van der Waals surface area contributed by atoms with Gasteiger partial charge in [-0.15, -0.1) is 11.6 Å². The number of imidazole rings is 1. The molecule has 6 nitrogen and oxygen atoms in total. The molecule has 1 saturated heterocycles. The number of halogens is 1. The van der Waals surface area contributed by atoms with Gasteiger partial charge in [0, 0.05) is 38.6 Å². The van der Waals surface area contributed by atoms with Crippen LogP contribution in [0.15, 0.2) is 17.6 Å².